The van der Waals surface area contributed by atoms with Gasteiger partial charge in [0, 0.05) is 34.9 Å². The van der Waals surface area contributed by atoms with Gasteiger partial charge in [-0.2, -0.15) is 0 Å². The van der Waals surface area contributed by atoms with Crippen LogP contribution in [0.25, 0.3) is 0 Å². The largest absolute Gasteiger partial charge is 0.369 e. The molecule has 1 heterocycles. The fourth-order valence-electron chi connectivity index (χ4n) is 0.987. The molecular weight excluding hydrogens is 234 g/mol. The van der Waals surface area contributed by atoms with Crippen molar-refractivity contribution in [2.75, 3.05) is 18.1 Å². The molecule has 4 nitrogen and oxygen atoms in total. The Morgan fingerprint density at radius 3 is 2.80 bits per heavy atom. The van der Waals surface area contributed by atoms with Gasteiger partial charge in [0.05, 0.1) is 0 Å². The average molecular weight is 248 g/mol. The molecule has 2 atom stereocenters. The molecule has 0 aliphatic heterocycles. The quantitative estimate of drug-likeness (QED) is 0.822. The standard InChI is InChI=1S/C9H14ClN3OS/c1-6(15(3)14)5-11-9-4-8(10)12-7(2)13-9/h4,6H,5H2,1-3H3,(H,11,12,13). The first-order valence-corrected chi connectivity index (χ1v) is 6.56. The summed E-state index contributed by atoms with van der Waals surface area (Å²) in [6.07, 6.45) is 1.69. The van der Waals surface area contributed by atoms with Crippen molar-refractivity contribution in [1.29, 1.82) is 0 Å². The Labute approximate surface area is 96.9 Å². The number of rotatable bonds is 4. The minimum Gasteiger partial charge on any atom is -0.369 e. The van der Waals surface area contributed by atoms with Crippen LogP contribution in [0.5, 0.6) is 0 Å². The van der Waals surface area contributed by atoms with Crippen molar-refractivity contribution in [2.24, 2.45) is 0 Å². The first-order valence-electron chi connectivity index (χ1n) is 4.56. The average Bonchev–Trinajstić information content (AvgIpc) is 2.12. The fourth-order valence-corrected chi connectivity index (χ4v) is 1.53. The molecule has 84 valence electrons. The zero-order chi connectivity index (χ0) is 11.4. The summed E-state index contributed by atoms with van der Waals surface area (Å²) < 4.78 is 11.1. The fraction of sp³-hybridized carbons (Fsp3) is 0.556. The van der Waals surface area contributed by atoms with Crippen molar-refractivity contribution in [3.05, 3.63) is 17.0 Å². The monoisotopic (exact) mass is 247 g/mol. The SMILES string of the molecule is Cc1nc(Cl)cc(NCC(C)S(C)=O)n1. The highest BCUT2D eigenvalue weighted by Crippen LogP contribution is 2.11. The van der Waals surface area contributed by atoms with Crippen LogP contribution in [0, 0.1) is 6.92 Å². The summed E-state index contributed by atoms with van der Waals surface area (Å²) in [5.74, 6) is 1.29. The van der Waals surface area contributed by atoms with Crippen LogP contribution in [-0.2, 0) is 10.8 Å². The summed E-state index contributed by atoms with van der Waals surface area (Å²) in [7, 11) is -0.834. The van der Waals surface area contributed by atoms with Gasteiger partial charge in [-0.15, -0.1) is 0 Å². The molecule has 0 aliphatic carbocycles. The van der Waals surface area contributed by atoms with E-state index in [9.17, 15) is 4.21 Å². The van der Waals surface area contributed by atoms with E-state index in [4.69, 9.17) is 11.6 Å². The molecule has 0 spiro atoms. The number of aromatic nitrogens is 2. The van der Waals surface area contributed by atoms with Crippen LogP contribution in [0.15, 0.2) is 6.07 Å². The highest BCUT2D eigenvalue weighted by atomic mass is 35.5. The highest BCUT2D eigenvalue weighted by molar-refractivity contribution is 7.84. The third kappa shape index (κ3) is 4.13. The van der Waals surface area contributed by atoms with E-state index in [0.717, 1.165) is 0 Å². The topological polar surface area (TPSA) is 54.9 Å². The van der Waals surface area contributed by atoms with Crippen LogP contribution >= 0.6 is 11.6 Å². The van der Waals surface area contributed by atoms with Crippen molar-refractivity contribution in [1.82, 2.24) is 9.97 Å². The highest BCUT2D eigenvalue weighted by Gasteiger charge is 2.06. The second kappa shape index (κ2) is 5.42. The smallest absolute Gasteiger partial charge is 0.134 e. The second-order valence-electron chi connectivity index (χ2n) is 3.31. The second-order valence-corrected chi connectivity index (χ2v) is 5.50. The summed E-state index contributed by atoms with van der Waals surface area (Å²) in [6, 6.07) is 1.65. The van der Waals surface area contributed by atoms with Crippen molar-refractivity contribution < 1.29 is 4.21 Å². The molecule has 2 unspecified atom stereocenters. The van der Waals surface area contributed by atoms with E-state index in [0.29, 0.717) is 23.3 Å². The molecule has 1 N–H and O–H groups in total. The molecule has 0 aromatic carbocycles. The number of hydrogen-bond acceptors (Lipinski definition) is 4. The maximum absolute atomic E-state index is 11.1. The van der Waals surface area contributed by atoms with Crippen LogP contribution in [-0.4, -0.2) is 32.2 Å². The number of nitrogens with one attached hydrogen (secondary N) is 1. The van der Waals surface area contributed by atoms with E-state index >= 15 is 0 Å². The van der Waals surface area contributed by atoms with Crippen molar-refractivity contribution in [2.45, 2.75) is 19.1 Å². The van der Waals surface area contributed by atoms with E-state index in [1.807, 2.05) is 6.92 Å². The lowest BCUT2D eigenvalue weighted by molar-refractivity contribution is 0.678. The van der Waals surface area contributed by atoms with Crippen LogP contribution in [0.4, 0.5) is 5.82 Å². The number of halogens is 1. The molecule has 0 saturated heterocycles. The zero-order valence-electron chi connectivity index (χ0n) is 8.95. The molecule has 1 aromatic rings. The normalized spacial score (nSPS) is 14.7. The first-order chi connectivity index (χ1) is 6.99. The lowest BCUT2D eigenvalue weighted by Crippen LogP contribution is -2.21. The van der Waals surface area contributed by atoms with Gasteiger partial charge in [-0.05, 0) is 13.8 Å². The van der Waals surface area contributed by atoms with Gasteiger partial charge in [0.2, 0.25) is 0 Å². The summed E-state index contributed by atoms with van der Waals surface area (Å²) in [4.78, 5) is 8.11. The van der Waals surface area contributed by atoms with Crippen LogP contribution in [0.1, 0.15) is 12.7 Å². The lowest BCUT2D eigenvalue weighted by atomic mass is 10.4. The van der Waals surface area contributed by atoms with E-state index in [1.54, 1.807) is 19.2 Å². The van der Waals surface area contributed by atoms with E-state index in [1.165, 1.54) is 0 Å². The Bertz CT molecular complexity index is 352. The Balaban J connectivity index is 2.61. The molecular formula is C9H14ClN3OS. The van der Waals surface area contributed by atoms with Crippen LogP contribution in [0.2, 0.25) is 5.15 Å². The summed E-state index contributed by atoms with van der Waals surface area (Å²) in [5.41, 5.74) is 0. The Kier molecular flexibility index (Phi) is 4.47. The predicted molar refractivity (Wildman–Crippen MR) is 63.8 cm³/mol. The molecule has 15 heavy (non-hydrogen) atoms. The molecule has 0 amide bonds. The molecule has 0 aliphatic rings. The van der Waals surface area contributed by atoms with Crippen molar-refractivity contribution >= 4 is 28.2 Å². The van der Waals surface area contributed by atoms with Gasteiger partial charge in [-0.25, -0.2) is 9.97 Å². The predicted octanol–water partition coefficient (Wildman–Crippen LogP) is 1.62. The van der Waals surface area contributed by atoms with Crippen LogP contribution < -0.4 is 5.32 Å². The van der Waals surface area contributed by atoms with Gasteiger partial charge >= 0.3 is 0 Å². The minimum atomic E-state index is -0.834. The van der Waals surface area contributed by atoms with Gasteiger partial charge in [0.15, 0.2) is 0 Å². The zero-order valence-corrected chi connectivity index (χ0v) is 10.5. The molecule has 6 heteroatoms. The third-order valence-corrected chi connectivity index (χ3v) is 3.44. The Hall–Kier alpha value is -0.680. The third-order valence-electron chi connectivity index (χ3n) is 1.94. The van der Waals surface area contributed by atoms with Gasteiger partial charge in [-0.3, -0.25) is 4.21 Å². The number of hydrogen-bond donors (Lipinski definition) is 1. The first kappa shape index (κ1) is 12.4. The lowest BCUT2D eigenvalue weighted by Gasteiger charge is -2.10. The molecule has 0 radical (unpaired) electrons. The maximum atomic E-state index is 11.1. The summed E-state index contributed by atoms with van der Waals surface area (Å²) >= 11 is 5.78. The maximum Gasteiger partial charge on any atom is 0.134 e. The number of aryl methyl sites for hydroxylation is 1. The van der Waals surface area contributed by atoms with Crippen molar-refractivity contribution in [3.63, 3.8) is 0 Å². The van der Waals surface area contributed by atoms with Gasteiger partial charge < -0.3 is 5.32 Å². The Morgan fingerprint density at radius 2 is 2.27 bits per heavy atom. The number of anilines is 1. The number of nitrogens with zero attached hydrogens (tertiary/aromatic N) is 2. The minimum absolute atomic E-state index is 0.0825. The molecule has 1 rings (SSSR count). The van der Waals surface area contributed by atoms with Crippen molar-refractivity contribution in [3.8, 4) is 0 Å². The van der Waals surface area contributed by atoms with Gasteiger partial charge in [0.25, 0.3) is 0 Å². The van der Waals surface area contributed by atoms with E-state index in [-0.39, 0.29) is 5.25 Å². The van der Waals surface area contributed by atoms with Crippen LogP contribution in [0.3, 0.4) is 0 Å². The van der Waals surface area contributed by atoms with E-state index < -0.39 is 10.8 Å². The molecule has 0 bridgehead atoms. The molecule has 1 aromatic heterocycles. The van der Waals surface area contributed by atoms with Gasteiger partial charge in [-0.1, -0.05) is 11.6 Å². The van der Waals surface area contributed by atoms with E-state index in [2.05, 4.69) is 15.3 Å². The molecule has 0 saturated carbocycles. The summed E-state index contributed by atoms with van der Waals surface area (Å²) in [5, 5.41) is 3.57. The molecule has 0 fully saturated rings. The van der Waals surface area contributed by atoms with Gasteiger partial charge in [0.1, 0.15) is 16.8 Å². The Morgan fingerprint density at radius 1 is 1.60 bits per heavy atom. The summed E-state index contributed by atoms with van der Waals surface area (Å²) in [6.45, 7) is 4.30.